The quantitative estimate of drug-likeness (QED) is 0.668. The summed E-state index contributed by atoms with van der Waals surface area (Å²) >= 11 is 1.63. The van der Waals surface area contributed by atoms with Crippen molar-refractivity contribution in [3.63, 3.8) is 0 Å². The van der Waals surface area contributed by atoms with Gasteiger partial charge in [-0.05, 0) is 43.9 Å². The largest absolute Gasteiger partial charge is 0.424 e. The molecule has 2 aromatic heterocycles. The van der Waals surface area contributed by atoms with E-state index >= 15 is 0 Å². The first-order chi connectivity index (χ1) is 14.1. The maximum absolute atomic E-state index is 12.0. The molecule has 0 atom stereocenters. The van der Waals surface area contributed by atoms with E-state index in [4.69, 9.17) is 9.68 Å². The highest BCUT2D eigenvalue weighted by atomic mass is 32.1. The number of carbonyl (C=O) groups is 1. The Kier molecular flexibility index (Phi) is 4.43. The van der Waals surface area contributed by atoms with Gasteiger partial charge >= 0.3 is 0 Å². The van der Waals surface area contributed by atoms with Crippen molar-refractivity contribution in [3.05, 3.63) is 35.0 Å². The number of carbonyl (C=O) groups excluding carboxylic acids is 1. The number of thiazole rings is 1. The fraction of sp³-hybridized carbons (Fsp3) is 0.450. The first kappa shape index (κ1) is 18.1. The minimum atomic E-state index is -0.686. The van der Waals surface area contributed by atoms with Gasteiger partial charge in [-0.25, -0.2) is 4.98 Å². The summed E-state index contributed by atoms with van der Waals surface area (Å²) in [7, 11) is 0. The van der Waals surface area contributed by atoms with E-state index in [0.717, 1.165) is 28.3 Å². The zero-order chi connectivity index (χ0) is 19.8. The monoisotopic (exact) mass is 408 g/mol. The lowest BCUT2D eigenvalue weighted by Crippen LogP contribution is -2.36. The lowest BCUT2D eigenvalue weighted by molar-refractivity contribution is -0.121. The number of nitriles is 1. The molecule has 2 aliphatic rings. The molecule has 3 aromatic rings. The van der Waals surface area contributed by atoms with Crippen LogP contribution in [-0.2, 0) is 17.6 Å². The Morgan fingerprint density at radius 3 is 2.83 bits per heavy atom. The van der Waals surface area contributed by atoms with Crippen LogP contribution in [0.2, 0.25) is 0 Å². The van der Waals surface area contributed by atoms with Gasteiger partial charge in [-0.15, -0.1) is 21.5 Å². The van der Waals surface area contributed by atoms with E-state index in [1.807, 2.05) is 0 Å². The standard InChI is InChI=1S/C20H20N6O2S/c21-12-20(5-6-20)23-16(27)10-17-24-25-18(28-17)11-19-22-14-4-3-13(9-15(14)29-19)26-7-1-2-8-26/h3-4,9H,1-2,5-8,10-11H2,(H,23,27). The summed E-state index contributed by atoms with van der Waals surface area (Å²) in [6.07, 6.45) is 4.31. The average Bonchev–Trinajstić information content (AvgIpc) is 3.13. The minimum Gasteiger partial charge on any atom is -0.424 e. The summed E-state index contributed by atoms with van der Waals surface area (Å²) in [6, 6.07) is 8.53. The third-order valence-corrected chi connectivity index (χ3v) is 6.37. The van der Waals surface area contributed by atoms with Crippen molar-refractivity contribution >= 4 is 33.1 Å². The van der Waals surface area contributed by atoms with E-state index in [2.05, 4.69) is 49.7 Å². The van der Waals surface area contributed by atoms with Crippen LogP contribution in [-0.4, -0.2) is 39.7 Å². The zero-order valence-corrected chi connectivity index (χ0v) is 16.7. The smallest absolute Gasteiger partial charge is 0.230 e. The molecule has 1 saturated heterocycles. The number of rotatable bonds is 6. The molecule has 1 amide bonds. The number of nitrogens with one attached hydrogen (secondary N) is 1. The zero-order valence-electron chi connectivity index (χ0n) is 15.8. The number of hydrogen-bond donors (Lipinski definition) is 1. The van der Waals surface area contributed by atoms with Crippen molar-refractivity contribution < 1.29 is 9.21 Å². The molecule has 8 nitrogen and oxygen atoms in total. The first-order valence-electron chi connectivity index (χ1n) is 9.80. The number of nitrogens with zero attached hydrogens (tertiary/aromatic N) is 5. The molecule has 1 saturated carbocycles. The molecular formula is C20H20N6O2S. The van der Waals surface area contributed by atoms with Crippen LogP contribution in [0.4, 0.5) is 5.69 Å². The minimum absolute atomic E-state index is 0.0184. The van der Waals surface area contributed by atoms with Crippen molar-refractivity contribution in [2.24, 2.45) is 0 Å². The number of benzene rings is 1. The highest BCUT2D eigenvalue weighted by molar-refractivity contribution is 7.18. The van der Waals surface area contributed by atoms with Crippen molar-refractivity contribution in [2.45, 2.75) is 44.1 Å². The van der Waals surface area contributed by atoms with Crippen LogP contribution in [0.15, 0.2) is 22.6 Å². The maximum Gasteiger partial charge on any atom is 0.230 e. The molecular weight excluding hydrogens is 388 g/mol. The maximum atomic E-state index is 12.0. The van der Waals surface area contributed by atoms with E-state index in [1.165, 1.54) is 18.5 Å². The highest BCUT2D eigenvalue weighted by Gasteiger charge is 2.44. The summed E-state index contributed by atoms with van der Waals surface area (Å²) in [5.74, 6) is 0.422. The summed E-state index contributed by atoms with van der Waals surface area (Å²) in [6.45, 7) is 2.23. The summed E-state index contributed by atoms with van der Waals surface area (Å²) in [4.78, 5) is 19.1. The lowest BCUT2D eigenvalue weighted by atomic mass is 10.3. The van der Waals surface area contributed by atoms with Crippen LogP contribution >= 0.6 is 11.3 Å². The first-order valence-corrected chi connectivity index (χ1v) is 10.6. The van der Waals surface area contributed by atoms with Crippen LogP contribution in [0.3, 0.4) is 0 Å². The normalized spacial score (nSPS) is 17.4. The molecule has 1 aliphatic heterocycles. The Balaban J connectivity index is 1.25. The molecule has 3 heterocycles. The molecule has 148 valence electrons. The molecule has 2 fully saturated rings. The van der Waals surface area contributed by atoms with Gasteiger partial charge in [0, 0.05) is 18.8 Å². The van der Waals surface area contributed by atoms with Gasteiger partial charge in [-0.2, -0.15) is 5.26 Å². The average molecular weight is 408 g/mol. The topological polar surface area (TPSA) is 108 Å². The number of amides is 1. The molecule has 0 spiro atoms. The predicted octanol–water partition coefficient (Wildman–Crippen LogP) is 2.59. The van der Waals surface area contributed by atoms with Crippen molar-refractivity contribution in [3.8, 4) is 6.07 Å². The van der Waals surface area contributed by atoms with Gasteiger partial charge < -0.3 is 14.6 Å². The van der Waals surface area contributed by atoms with E-state index < -0.39 is 5.54 Å². The van der Waals surface area contributed by atoms with Crippen LogP contribution in [0, 0.1) is 11.3 Å². The number of anilines is 1. The Morgan fingerprint density at radius 1 is 1.28 bits per heavy atom. The molecule has 0 radical (unpaired) electrons. The van der Waals surface area contributed by atoms with Gasteiger partial charge in [0.1, 0.15) is 17.0 Å². The second-order valence-corrected chi connectivity index (χ2v) is 8.75. The Hall–Kier alpha value is -2.99. The van der Waals surface area contributed by atoms with Crippen LogP contribution < -0.4 is 10.2 Å². The van der Waals surface area contributed by atoms with E-state index in [9.17, 15) is 4.79 Å². The fourth-order valence-electron chi connectivity index (χ4n) is 3.61. The van der Waals surface area contributed by atoms with Crippen LogP contribution in [0.5, 0.6) is 0 Å². The summed E-state index contributed by atoms with van der Waals surface area (Å²) in [5, 5.41) is 20.7. The molecule has 0 bridgehead atoms. The molecule has 9 heteroatoms. The van der Waals surface area contributed by atoms with Gasteiger partial charge in [-0.1, -0.05) is 0 Å². The van der Waals surface area contributed by atoms with Gasteiger partial charge in [-0.3, -0.25) is 4.79 Å². The summed E-state index contributed by atoms with van der Waals surface area (Å²) < 4.78 is 6.77. The second-order valence-electron chi connectivity index (χ2n) is 7.64. The van der Waals surface area contributed by atoms with Crippen molar-refractivity contribution in [1.29, 1.82) is 5.26 Å². The molecule has 0 unspecified atom stereocenters. The molecule has 1 N–H and O–H groups in total. The third-order valence-electron chi connectivity index (χ3n) is 5.35. The van der Waals surface area contributed by atoms with Gasteiger partial charge in [0.15, 0.2) is 0 Å². The number of hydrogen-bond acceptors (Lipinski definition) is 8. The fourth-order valence-corrected chi connectivity index (χ4v) is 4.60. The lowest BCUT2D eigenvalue weighted by Gasteiger charge is -2.16. The van der Waals surface area contributed by atoms with E-state index in [-0.39, 0.29) is 18.2 Å². The van der Waals surface area contributed by atoms with Crippen LogP contribution in [0.25, 0.3) is 10.2 Å². The highest BCUT2D eigenvalue weighted by Crippen LogP contribution is 2.34. The van der Waals surface area contributed by atoms with Crippen molar-refractivity contribution in [1.82, 2.24) is 20.5 Å². The second kappa shape index (κ2) is 7.12. The van der Waals surface area contributed by atoms with Gasteiger partial charge in [0.25, 0.3) is 0 Å². The Bertz CT molecular complexity index is 1100. The SMILES string of the molecule is N#CC1(NC(=O)Cc2nnc(Cc3nc4ccc(N5CCCC5)cc4s3)o2)CC1. The molecule has 5 rings (SSSR count). The Labute approximate surface area is 171 Å². The molecule has 1 aliphatic carbocycles. The van der Waals surface area contributed by atoms with E-state index in [0.29, 0.717) is 25.2 Å². The van der Waals surface area contributed by atoms with Gasteiger partial charge in [0.2, 0.25) is 17.7 Å². The predicted molar refractivity (Wildman–Crippen MR) is 108 cm³/mol. The molecule has 1 aromatic carbocycles. The van der Waals surface area contributed by atoms with E-state index in [1.54, 1.807) is 11.3 Å². The van der Waals surface area contributed by atoms with Crippen LogP contribution in [0.1, 0.15) is 42.5 Å². The molecule has 29 heavy (non-hydrogen) atoms. The third kappa shape index (κ3) is 3.80. The Morgan fingerprint density at radius 2 is 2.07 bits per heavy atom. The summed E-state index contributed by atoms with van der Waals surface area (Å²) in [5.41, 5.74) is 1.54. The van der Waals surface area contributed by atoms with Crippen molar-refractivity contribution in [2.75, 3.05) is 18.0 Å². The number of fused-ring (bicyclic) bond motifs is 1. The number of aromatic nitrogens is 3. The van der Waals surface area contributed by atoms with Gasteiger partial charge in [0.05, 0.1) is 22.7 Å².